The van der Waals surface area contributed by atoms with E-state index in [2.05, 4.69) is 6.58 Å². The molecule has 82 valence electrons. The van der Waals surface area contributed by atoms with Gasteiger partial charge in [-0.25, -0.2) is 4.79 Å². The quantitative estimate of drug-likeness (QED) is 0.394. The molecule has 0 unspecified atom stereocenters. The molecule has 0 radical (unpaired) electrons. The number of nitrogens with zero attached hydrogens (tertiary/aromatic N) is 1. The van der Waals surface area contributed by atoms with Gasteiger partial charge in [0, 0.05) is 0 Å². The van der Waals surface area contributed by atoms with Crippen molar-refractivity contribution in [1.29, 1.82) is 0 Å². The fraction of sp³-hybridized carbons (Fsp3) is 0.727. The number of carbonyl (C=O) groups excluding carboxylic acids is 1. The van der Waals surface area contributed by atoms with Crippen LogP contribution >= 0.6 is 0 Å². The van der Waals surface area contributed by atoms with Crippen molar-refractivity contribution < 1.29 is 14.0 Å². The highest BCUT2D eigenvalue weighted by atomic mass is 16.5. The molecule has 0 saturated heterocycles. The standard InChI is InChI=1S/C11H22NO2/c1-9(12(5,6)7)10(13)14-8-11(2,3)4/h1,8H2,2-7H3/q+1. The molecule has 3 heteroatoms. The van der Waals surface area contributed by atoms with Crippen LogP contribution in [0.5, 0.6) is 0 Å². The topological polar surface area (TPSA) is 26.3 Å². The second-order valence-electron chi connectivity index (χ2n) is 5.60. The van der Waals surface area contributed by atoms with Crippen LogP contribution in [0.15, 0.2) is 12.3 Å². The highest BCUT2D eigenvalue weighted by molar-refractivity contribution is 5.85. The number of ether oxygens (including phenoxy) is 1. The second-order valence-corrected chi connectivity index (χ2v) is 5.60. The van der Waals surface area contributed by atoms with Gasteiger partial charge in [0.05, 0.1) is 27.7 Å². The molecular formula is C11H22NO2+. The Morgan fingerprint density at radius 3 is 2.00 bits per heavy atom. The Balaban J connectivity index is 4.19. The van der Waals surface area contributed by atoms with E-state index in [1.165, 1.54) is 0 Å². The molecule has 0 amide bonds. The number of hydrogen-bond acceptors (Lipinski definition) is 2. The van der Waals surface area contributed by atoms with Crippen molar-refractivity contribution in [2.45, 2.75) is 20.8 Å². The number of carbonyl (C=O) groups is 1. The highest BCUT2D eigenvalue weighted by Crippen LogP contribution is 2.15. The zero-order chi connectivity index (χ0) is 11.6. The Bertz CT molecular complexity index is 231. The van der Waals surface area contributed by atoms with Gasteiger partial charge in [0.15, 0.2) is 0 Å². The molecule has 0 aliphatic carbocycles. The monoisotopic (exact) mass is 200 g/mol. The van der Waals surface area contributed by atoms with Crippen LogP contribution in [0.3, 0.4) is 0 Å². The van der Waals surface area contributed by atoms with E-state index >= 15 is 0 Å². The van der Waals surface area contributed by atoms with Gasteiger partial charge in [0.1, 0.15) is 0 Å². The van der Waals surface area contributed by atoms with E-state index in [4.69, 9.17) is 4.74 Å². The lowest BCUT2D eigenvalue weighted by molar-refractivity contribution is -0.826. The summed E-state index contributed by atoms with van der Waals surface area (Å²) >= 11 is 0. The van der Waals surface area contributed by atoms with Gasteiger partial charge in [-0.1, -0.05) is 20.8 Å². The molecule has 0 saturated carbocycles. The van der Waals surface area contributed by atoms with Crippen molar-refractivity contribution in [2.24, 2.45) is 5.41 Å². The largest absolute Gasteiger partial charge is 0.458 e. The minimum Gasteiger partial charge on any atom is -0.458 e. The summed E-state index contributed by atoms with van der Waals surface area (Å²) in [5, 5.41) is 0. The fourth-order valence-electron chi connectivity index (χ4n) is 0.639. The molecule has 0 aliphatic rings. The van der Waals surface area contributed by atoms with Gasteiger partial charge >= 0.3 is 5.97 Å². The van der Waals surface area contributed by atoms with Gasteiger partial charge in [0.25, 0.3) is 0 Å². The molecule has 0 aromatic heterocycles. The van der Waals surface area contributed by atoms with Crippen LogP contribution in [0.4, 0.5) is 0 Å². The van der Waals surface area contributed by atoms with Gasteiger partial charge in [-0.2, -0.15) is 0 Å². The van der Waals surface area contributed by atoms with Gasteiger partial charge in [-0.3, -0.25) is 4.48 Å². The van der Waals surface area contributed by atoms with E-state index in [1.807, 2.05) is 41.9 Å². The Hall–Kier alpha value is -0.830. The van der Waals surface area contributed by atoms with Crippen LogP contribution in [0, 0.1) is 5.41 Å². The maximum Gasteiger partial charge on any atom is 0.392 e. The summed E-state index contributed by atoms with van der Waals surface area (Å²) in [7, 11) is 5.67. The molecule has 0 fully saturated rings. The van der Waals surface area contributed by atoms with Crippen LogP contribution in [0.25, 0.3) is 0 Å². The van der Waals surface area contributed by atoms with Crippen LogP contribution in [0.2, 0.25) is 0 Å². The lowest BCUT2D eigenvalue weighted by Crippen LogP contribution is -2.38. The third-order valence-electron chi connectivity index (χ3n) is 1.68. The minimum atomic E-state index is -0.313. The summed E-state index contributed by atoms with van der Waals surface area (Å²) in [4.78, 5) is 11.5. The van der Waals surface area contributed by atoms with E-state index in [-0.39, 0.29) is 11.4 Å². The smallest absolute Gasteiger partial charge is 0.392 e. The van der Waals surface area contributed by atoms with Crippen LogP contribution in [-0.4, -0.2) is 38.2 Å². The molecule has 14 heavy (non-hydrogen) atoms. The average molecular weight is 200 g/mol. The van der Waals surface area contributed by atoms with Crippen molar-refractivity contribution in [3.8, 4) is 0 Å². The molecular weight excluding hydrogens is 178 g/mol. The number of hydrogen-bond donors (Lipinski definition) is 0. The predicted octanol–water partition coefficient (Wildman–Crippen LogP) is 1.80. The zero-order valence-corrected chi connectivity index (χ0v) is 10.2. The lowest BCUT2D eigenvalue weighted by Gasteiger charge is -2.25. The number of likely N-dealkylation sites (N-methyl/N-ethyl adjacent to an activating group) is 1. The molecule has 0 rings (SSSR count). The Morgan fingerprint density at radius 1 is 1.29 bits per heavy atom. The molecule has 0 bridgehead atoms. The van der Waals surface area contributed by atoms with E-state index in [1.54, 1.807) is 0 Å². The summed E-state index contributed by atoms with van der Waals surface area (Å²) < 4.78 is 5.55. The third kappa shape index (κ3) is 5.02. The fourth-order valence-corrected chi connectivity index (χ4v) is 0.639. The van der Waals surface area contributed by atoms with E-state index in [9.17, 15) is 4.79 Å². The highest BCUT2D eigenvalue weighted by Gasteiger charge is 2.24. The van der Waals surface area contributed by atoms with E-state index < -0.39 is 0 Å². The third-order valence-corrected chi connectivity index (χ3v) is 1.68. The van der Waals surface area contributed by atoms with Gasteiger partial charge < -0.3 is 4.74 Å². The maximum absolute atomic E-state index is 11.5. The normalized spacial score (nSPS) is 12.4. The Morgan fingerprint density at radius 2 is 1.71 bits per heavy atom. The lowest BCUT2D eigenvalue weighted by atomic mass is 9.99. The number of rotatable bonds is 3. The summed E-state index contributed by atoms with van der Waals surface area (Å²) in [6, 6.07) is 0. The van der Waals surface area contributed by atoms with E-state index in [0.717, 1.165) is 0 Å². The SMILES string of the molecule is C=C(C(=O)OCC(C)(C)C)[N+](C)(C)C. The predicted molar refractivity (Wildman–Crippen MR) is 57.6 cm³/mol. The van der Waals surface area contributed by atoms with Crippen molar-refractivity contribution in [2.75, 3.05) is 27.7 Å². The molecule has 3 nitrogen and oxygen atoms in total. The first-order chi connectivity index (χ1) is 6.04. The Kier molecular flexibility index (Phi) is 3.89. The summed E-state index contributed by atoms with van der Waals surface area (Å²) in [6.07, 6.45) is 0. The molecule has 0 aliphatic heterocycles. The summed E-state index contributed by atoms with van der Waals surface area (Å²) in [6.45, 7) is 10.2. The average Bonchev–Trinajstić information content (AvgIpc) is 1.95. The first-order valence-corrected chi connectivity index (χ1v) is 4.72. The summed E-state index contributed by atoms with van der Waals surface area (Å²) in [5.41, 5.74) is 0.468. The minimum absolute atomic E-state index is 0.000818. The number of quaternary nitrogens is 1. The second kappa shape index (κ2) is 4.13. The van der Waals surface area contributed by atoms with Gasteiger partial charge in [-0.15, -0.1) is 0 Å². The van der Waals surface area contributed by atoms with Crippen molar-refractivity contribution in [1.82, 2.24) is 0 Å². The first kappa shape index (κ1) is 13.2. The van der Waals surface area contributed by atoms with Crippen LogP contribution < -0.4 is 0 Å². The van der Waals surface area contributed by atoms with Crippen molar-refractivity contribution >= 4 is 5.97 Å². The molecule has 0 spiro atoms. The molecule has 0 aromatic carbocycles. The van der Waals surface area contributed by atoms with Gasteiger partial charge in [-0.05, 0) is 12.0 Å². The van der Waals surface area contributed by atoms with E-state index in [0.29, 0.717) is 16.8 Å². The zero-order valence-electron chi connectivity index (χ0n) is 10.2. The summed E-state index contributed by atoms with van der Waals surface area (Å²) in [5.74, 6) is -0.313. The van der Waals surface area contributed by atoms with Crippen molar-refractivity contribution in [3.05, 3.63) is 12.3 Å². The molecule has 0 aromatic rings. The van der Waals surface area contributed by atoms with Crippen LogP contribution in [-0.2, 0) is 9.53 Å². The molecule has 0 heterocycles. The molecule has 0 atom stereocenters. The van der Waals surface area contributed by atoms with Gasteiger partial charge in [0.2, 0.25) is 5.70 Å². The number of esters is 1. The van der Waals surface area contributed by atoms with Crippen LogP contribution in [0.1, 0.15) is 20.8 Å². The van der Waals surface area contributed by atoms with Crippen molar-refractivity contribution in [3.63, 3.8) is 0 Å². The first-order valence-electron chi connectivity index (χ1n) is 4.72. The Labute approximate surface area is 86.9 Å². The molecule has 0 N–H and O–H groups in total. The maximum atomic E-state index is 11.5.